The van der Waals surface area contributed by atoms with Gasteiger partial charge in [0.15, 0.2) is 0 Å². The standard InChI is InChI=1S/C24H16F4N4O3/c25-18-7-6-15(9-14(18)10-29)31-22(34)20-16-3-1-2-4-17(16)23(35)32(12-24(26,27)28)21(20)13-5-8-19(33)30-11-13/h1-9,11,20-21H,12H2,(H,30,33)(H,31,34). The first kappa shape index (κ1) is 23.7. The van der Waals surface area contributed by atoms with Gasteiger partial charge in [0, 0.05) is 23.5 Å². The smallest absolute Gasteiger partial charge is 0.406 e. The lowest BCUT2D eigenvalue weighted by Gasteiger charge is -2.41. The molecule has 0 saturated heterocycles. The van der Waals surface area contributed by atoms with Crippen LogP contribution in [0.15, 0.2) is 60.8 Å². The van der Waals surface area contributed by atoms with Crippen LogP contribution in [0, 0.1) is 17.1 Å². The van der Waals surface area contributed by atoms with Crippen molar-refractivity contribution in [1.29, 1.82) is 5.26 Å². The van der Waals surface area contributed by atoms with E-state index in [4.69, 9.17) is 5.26 Å². The van der Waals surface area contributed by atoms with E-state index in [0.717, 1.165) is 24.4 Å². The molecule has 4 rings (SSSR count). The van der Waals surface area contributed by atoms with E-state index >= 15 is 0 Å². The van der Waals surface area contributed by atoms with Crippen LogP contribution in [0.1, 0.15) is 39.0 Å². The highest BCUT2D eigenvalue weighted by Gasteiger charge is 2.47. The lowest BCUT2D eigenvalue weighted by molar-refractivity contribution is -0.148. The Labute approximate surface area is 196 Å². The van der Waals surface area contributed by atoms with Crippen LogP contribution >= 0.6 is 0 Å². The summed E-state index contributed by atoms with van der Waals surface area (Å²) in [5.74, 6) is -4.23. The first-order valence-electron chi connectivity index (χ1n) is 10.2. The van der Waals surface area contributed by atoms with Crippen LogP contribution in [-0.4, -0.2) is 39.5 Å². The normalized spacial score (nSPS) is 17.5. The molecule has 3 aromatic rings. The van der Waals surface area contributed by atoms with E-state index in [1.54, 1.807) is 12.1 Å². The number of alkyl halides is 3. The summed E-state index contributed by atoms with van der Waals surface area (Å²) in [6.45, 7) is -1.63. The Kier molecular flexibility index (Phi) is 6.13. The number of amides is 2. The number of carbonyl (C=O) groups is 2. The summed E-state index contributed by atoms with van der Waals surface area (Å²) >= 11 is 0. The van der Waals surface area contributed by atoms with Crippen molar-refractivity contribution >= 4 is 17.5 Å². The molecular formula is C24H16F4N4O3. The average Bonchev–Trinajstić information content (AvgIpc) is 2.81. The van der Waals surface area contributed by atoms with Gasteiger partial charge in [-0.3, -0.25) is 9.59 Å². The van der Waals surface area contributed by atoms with Gasteiger partial charge < -0.3 is 15.3 Å². The number of aromatic nitrogens is 1. The summed E-state index contributed by atoms with van der Waals surface area (Å²) in [5, 5.41) is 21.1. The third-order valence-corrected chi connectivity index (χ3v) is 5.54. The highest BCUT2D eigenvalue weighted by Crippen LogP contribution is 2.44. The van der Waals surface area contributed by atoms with Gasteiger partial charge in [0.2, 0.25) is 11.8 Å². The van der Waals surface area contributed by atoms with Crippen molar-refractivity contribution in [3.63, 3.8) is 0 Å². The van der Waals surface area contributed by atoms with Gasteiger partial charge in [0.05, 0.1) is 17.5 Å². The number of carbonyl (C=O) groups excluding carboxylic acids is 2. The molecule has 0 saturated carbocycles. The van der Waals surface area contributed by atoms with Crippen molar-refractivity contribution in [2.45, 2.75) is 18.1 Å². The number of halogens is 4. The van der Waals surface area contributed by atoms with E-state index in [0.29, 0.717) is 4.90 Å². The Morgan fingerprint density at radius 2 is 1.91 bits per heavy atom. The summed E-state index contributed by atoms with van der Waals surface area (Å²) in [6.07, 6.45) is -3.68. The molecule has 0 aliphatic carbocycles. The van der Waals surface area contributed by atoms with Gasteiger partial charge in [-0.2, -0.15) is 18.4 Å². The summed E-state index contributed by atoms with van der Waals surface area (Å²) < 4.78 is 54.3. The second-order valence-corrected chi connectivity index (χ2v) is 7.80. The van der Waals surface area contributed by atoms with E-state index in [-0.39, 0.29) is 27.9 Å². The molecule has 0 fully saturated rings. The molecule has 1 aromatic heterocycles. The number of hydrogen-bond acceptors (Lipinski definition) is 5. The van der Waals surface area contributed by atoms with Crippen LogP contribution in [0.25, 0.3) is 0 Å². The molecule has 0 radical (unpaired) electrons. The minimum Gasteiger partial charge on any atom is -0.493 e. The zero-order valence-electron chi connectivity index (χ0n) is 17.8. The van der Waals surface area contributed by atoms with Gasteiger partial charge in [-0.05, 0) is 35.4 Å². The van der Waals surface area contributed by atoms with Crippen LogP contribution in [0.4, 0.5) is 23.2 Å². The Morgan fingerprint density at radius 3 is 2.57 bits per heavy atom. The van der Waals surface area contributed by atoms with Crippen molar-refractivity contribution in [3.05, 3.63) is 88.9 Å². The number of nitriles is 1. The van der Waals surface area contributed by atoms with Gasteiger partial charge in [0.25, 0.3) is 5.91 Å². The van der Waals surface area contributed by atoms with Crippen LogP contribution < -0.4 is 5.32 Å². The molecular weight excluding hydrogens is 468 g/mol. The van der Waals surface area contributed by atoms with E-state index in [9.17, 15) is 32.3 Å². The fourth-order valence-electron chi connectivity index (χ4n) is 4.10. The quantitative estimate of drug-likeness (QED) is 0.538. The number of anilines is 1. The first-order chi connectivity index (χ1) is 16.6. The zero-order chi connectivity index (χ0) is 25.3. The van der Waals surface area contributed by atoms with E-state index in [1.165, 1.54) is 30.3 Å². The number of fused-ring (bicyclic) bond motifs is 1. The summed E-state index contributed by atoms with van der Waals surface area (Å²) in [6, 6.07) is 11.7. The zero-order valence-corrected chi connectivity index (χ0v) is 17.8. The average molecular weight is 484 g/mol. The second kappa shape index (κ2) is 9.06. The van der Waals surface area contributed by atoms with Crippen LogP contribution in [0.3, 0.4) is 0 Å². The highest BCUT2D eigenvalue weighted by molar-refractivity contribution is 6.04. The molecule has 178 valence electrons. The van der Waals surface area contributed by atoms with Crippen molar-refractivity contribution in [2.75, 3.05) is 11.9 Å². The largest absolute Gasteiger partial charge is 0.493 e. The molecule has 2 atom stereocenters. The molecule has 2 unspecified atom stereocenters. The molecule has 0 bridgehead atoms. The minimum absolute atomic E-state index is 0.0484. The molecule has 7 nitrogen and oxygen atoms in total. The third kappa shape index (κ3) is 4.77. The summed E-state index contributed by atoms with van der Waals surface area (Å²) in [4.78, 5) is 30.9. The SMILES string of the molecule is N#Cc1cc(NC(=O)C2c3ccccc3C(=O)N(CC(F)(F)F)C2c2ccc(O)nc2)ccc1F. The van der Waals surface area contributed by atoms with Gasteiger partial charge in [0.1, 0.15) is 18.4 Å². The number of benzene rings is 2. The monoisotopic (exact) mass is 484 g/mol. The number of nitrogens with zero attached hydrogens (tertiary/aromatic N) is 3. The van der Waals surface area contributed by atoms with Gasteiger partial charge >= 0.3 is 6.18 Å². The number of hydrogen-bond donors (Lipinski definition) is 2. The maximum atomic E-state index is 13.7. The molecule has 0 spiro atoms. The molecule has 35 heavy (non-hydrogen) atoms. The topological polar surface area (TPSA) is 106 Å². The Balaban J connectivity index is 1.85. The molecule has 2 amide bonds. The van der Waals surface area contributed by atoms with Crippen molar-refractivity contribution in [1.82, 2.24) is 9.88 Å². The molecule has 2 heterocycles. The van der Waals surface area contributed by atoms with Crippen LogP contribution in [0.2, 0.25) is 0 Å². The molecule has 2 N–H and O–H groups in total. The molecule has 1 aliphatic rings. The Bertz CT molecular complexity index is 1340. The third-order valence-electron chi connectivity index (χ3n) is 5.54. The number of rotatable bonds is 4. The van der Waals surface area contributed by atoms with Crippen molar-refractivity contribution in [3.8, 4) is 11.9 Å². The van der Waals surface area contributed by atoms with Crippen molar-refractivity contribution in [2.24, 2.45) is 0 Å². The molecule has 11 heteroatoms. The van der Waals surface area contributed by atoms with Gasteiger partial charge in [-0.1, -0.05) is 24.3 Å². The maximum absolute atomic E-state index is 13.7. The fourth-order valence-corrected chi connectivity index (χ4v) is 4.10. The van der Waals surface area contributed by atoms with Crippen molar-refractivity contribution < 1.29 is 32.3 Å². The molecule has 2 aromatic carbocycles. The van der Waals surface area contributed by atoms with Crippen LogP contribution in [0.5, 0.6) is 5.88 Å². The van der Waals surface area contributed by atoms with Gasteiger partial charge in [-0.15, -0.1) is 0 Å². The van der Waals surface area contributed by atoms with E-state index in [2.05, 4.69) is 10.3 Å². The predicted octanol–water partition coefficient (Wildman–Crippen LogP) is 4.28. The number of nitrogens with one attached hydrogen (secondary N) is 1. The fraction of sp³-hybridized carbons (Fsp3) is 0.167. The Morgan fingerprint density at radius 1 is 1.17 bits per heavy atom. The van der Waals surface area contributed by atoms with Crippen LogP contribution in [-0.2, 0) is 4.79 Å². The predicted molar refractivity (Wildman–Crippen MR) is 115 cm³/mol. The summed E-state index contributed by atoms with van der Waals surface area (Å²) in [5.41, 5.74) is -0.0787. The lowest BCUT2D eigenvalue weighted by atomic mass is 9.79. The second-order valence-electron chi connectivity index (χ2n) is 7.80. The number of aromatic hydroxyl groups is 1. The molecule has 1 aliphatic heterocycles. The van der Waals surface area contributed by atoms with Gasteiger partial charge in [-0.25, -0.2) is 9.37 Å². The first-order valence-corrected chi connectivity index (χ1v) is 10.2. The minimum atomic E-state index is -4.77. The summed E-state index contributed by atoms with van der Waals surface area (Å²) in [7, 11) is 0. The maximum Gasteiger partial charge on any atom is 0.406 e. The lowest BCUT2D eigenvalue weighted by Crippen LogP contribution is -2.49. The van der Waals surface area contributed by atoms with E-state index in [1.807, 2.05) is 0 Å². The number of pyridine rings is 1. The van der Waals surface area contributed by atoms with E-state index < -0.39 is 48.2 Å². The Hall–Kier alpha value is -4.46. The highest BCUT2D eigenvalue weighted by atomic mass is 19.4.